The zero-order valence-corrected chi connectivity index (χ0v) is 12.3. The zero-order valence-electron chi connectivity index (χ0n) is 12.3. The molecule has 3 rings (SSSR count). The van der Waals surface area contributed by atoms with E-state index >= 15 is 0 Å². The van der Waals surface area contributed by atoms with Gasteiger partial charge in [-0.2, -0.15) is 0 Å². The second-order valence-electron chi connectivity index (χ2n) is 5.60. The van der Waals surface area contributed by atoms with Gasteiger partial charge in [-0.1, -0.05) is 37.3 Å². The number of hydrogen-bond donors (Lipinski definition) is 0. The quantitative estimate of drug-likeness (QED) is 0.828. The van der Waals surface area contributed by atoms with Gasteiger partial charge in [-0.05, 0) is 48.6 Å². The maximum absolute atomic E-state index is 12.3. The molecule has 108 valence electrons. The van der Waals surface area contributed by atoms with Gasteiger partial charge in [0.05, 0.1) is 0 Å². The van der Waals surface area contributed by atoms with E-state index in [1.54, 1.807) is 0 Å². The topological polar surface area (TPSA) is 26.3 Å². The van der Waals surface area contributed by atoms with Crippen LogP contribution in [-0.4, -0.2) is 5.78 Å². The number of Topliss-reactive ketones (excluding diaryl/α,β-unsaturated/α-hetero) is 1. The van der Waals surface area contributed by atoms with Crippen LogP contribution in [0.3, 0.4) is 0 Å². The molecule has 1 aliphatic rings. The van der Waals surface area contributed by atoms with E-state index in [9.17, 15) is 4.79 Å². The summed E-state index contributed by atoms with van der Waals surface area (Å²) in [6.45, 7) is 2.65. The van der Waals surface area contributed by atoms with Crippen LogP contribution in [-0.2, 0) is 13.0 Å². The van der Waals surface area contributed by atoms with E-state index in [0.717, 1.165) is 41.7 Å². The summed E-state index contributed by atoms with van der Waals surface area (Å²) in [6, 6.07) is 16.0. The van der Waals surface area contributed by atoms with E-state index in [1.165, 1.54) is 0 Å². The molecular weight excluding hydrogens is 260 g/mol. The number of ketones is 1. The first-order chi connectivity index (χ1) is 10.3. The lowest BCUT2D eigenvalue weighted by molar-refractivity contribution is 0.0898. The van der Waals surface area contributed by atoms with Crippen molar-refractivity contribution in [3.63, 3.8) is 0 Å². The van der Waals surface area contributed by atoms with Gasteiger partial charge in [-0.25, -0.2) is 0 Å². The predicted molar refractivity (Wildman–Crippen MR) is 83.6 cm³/mol. The average Bonchev–Trinajstić information content (AvgIpc) is 2.54. The van der Waals surface area contributed by atoms with Crippen molar-refractivity contribution in [1.82, 2.24) is 0 Å². The Labute approximate surface area is 125 Å². The van der Waals surface area contributed by atoms with Gasteiger partial charge in [0.2, 0.25) is 0 Å². The number of benzene rings is 2. The smallest absolute Gasteiger partial charge is 0.166 e. The highest BCUT2D eigenvalue weighted by Crippen LogP contribution is 2.30. The van der Waals surface area contributed by atoms with Gasteiger partial charge in [0.15, 0.2) is 5.78 Å². The van der Waals surface area contributed by atoms with Crippen molar-refractivity contribution in [1.29, 1.82) is 0 Å². The third-order valence-corrected chi connectivity index (χ3v) is 4.22. The van der Waals surface area contributed by atoms with E-state index < -0.39 is 0 Å². The van der Waals surface area contributed by atoms with Crippen LogP contribution in [0.5, 0.6) is 5.75 Å². The Hall–Kier alpha value is -2.09. The van der Waals surface area contributed by atoms with E-state index in [-0.39, 0.29) is 5.92 Å². The fraction of sp³-hybridized carbons (Fsp3) is 0.316. The molecular formula is C19H20O2. The fourth-order valence-corrected chi connectivity index (χ4v) is 2.92. The van der Waals surface area contributed by atoms with Crippen LogP contribution in [0.4, 0.5) is 0 Å². The highest BCUT2D eigenvalue weighted by molar-refractivity contribution is 6.00. The third kappa shape index (κ3) is 2.99. The second-order valence-corrected chi connectivity index (χ2v) is 5.60. The molecule has 0 fully saturated rings. The van der Waals surface area contributed by atoms with Gasteiger partial charge in [0.25, 0.3) is 0 Å². The van der Waals surface area contributed by atoms with Gasteiger partial charge < -0.3 is 4.74 Å². The lowest BCUT2D eigenvalue weighted by atomic mass is 9.81. The molecule has 0 saturated heterocycles. The SMILES string of the molecule is CCC1CCc2cc(OCc3ccccc3)ccc2C1=O. The summed E-state index contributed by atoms with van der Waals surface area (Å²) in [4.78, 5) is 12.3. The average molecular weight is 280 g/mol. The largest absolute Gasteiger partial charge is 0.489 e. The molecule has 2 aromatic rings. The van der Waals surface area contributed by atoms with Crippen molar-refractivity contribution < 1.29 is 9.53 Å². The van der Waals surface area contributed by atoms with Crippen LogP contribution in [0, 0.1) is 5.92 Å². The maximum atomic E-state index is 12.3. The normalized spacial score (nSPS) is 17.4. The Bertz CT molecular complexity index is 631. The van der Waals surface area contributed by atoms with E-state index in [1.807, 2.05) is 48.5 Å². The minimum Gasteiger partial charge on any atom is -0.489 e. The van der Waals surface area contributed by atoms with Gasteiger partial charge in [-0.15, -0.1) is 0 Å². The summed E-state index contributed by atoms with van der Waals surface area (Å²) < 4.78 is 5.84. The molecule has 0 amide bonds. The van der Waals surface area contributed by atoms with Crippen molar-refractivity contribution in [2.45, 2.75) is 32.8 Å². The molecule has 2 aromatic carbocycles. The van der Waals surface area contributed by atoms with Crippen LogP contribution in [0.25, 0.3) is 0 Å². The summed E-state index contributed by atoms with van der Waals surface area (Å²) in [5.74, 6) is 1.35. The number of aryl methyl sites for hydroxylation is 1. The van der Waals surface area contributed by atoms with E-state index in [2.05, 4.69) is 6.92 Å². The molecule has 0 bridgehead atoms. The summed E-state index contributed by atoms with van der Waals surface area (Å²) in [7, 11) is 0. The summed E-state index contributed by atoms with van der Waals surface area (Å²) >= 11 is 0. The van der Waals surface area contributed by atoms with Gasteiger partial charge in [0, 0.05) is 11.5 Å². The fourth-order valence-electron chi connectivity index (χ4n) is 2.92. The number of ether oxygens (including phenoxy) is 1. The predicted octanol–water partition coefficient (Wildman–Crippen LogP) is 4.42. The molecule has 0 aromatic heterocycles. The summed E-state index contributed by atoms with van der Waals surface area (Å²) in [5, 5.41) is 0. The Kier molecular flexibility index (Phi) is 4.05. The first-order valence-corrected chi connectivity index (χ1v) is 7.62. The second kappa shape index (κ2) is 6.13. The van der Waals surface area contributed by atoms with Crippen LogP contribution in [0.2, 0.25) is 0 Å². The Morgan fingerprint density at radius 2 is 1.95 bits per heavy atom. The molecule has 1 atom stereocenters. The van der Waals surface area contributed by atoms with Gasteiger partial charge >= 0.3 is 0 Å². The lowest BCUT2D eigenvalue weighted by Gasteiger charge is -2.22. The van der Waals surface area contributed by atoms with Crippen LogP contribution in [0.1, 0.15) is 41.3 Å². The minimum absolute atomic E-state index is 0.202. The zero-order chi connectivity index (χ0) is 14.7. The Morgan fingerprint density at radius 1 is 1.14 bits per heavy atom. The molecule has 1 unspecified atom stereocenters. The van der Waals surface area contributed by atoms with Crippen LogP contribution in [0.15, 0.2) is 48.5 Å². The maximum Gasteiger partial charge on any atom is 0.166 e. The number of carbonyl (C=O) groups excluding carboxylic acids is 1. The number of carbonyl (C=O) groups is 1. The highest BCUT2D eigenvalue weighted by atomic mass is 16.5. The number of rotatable bonds is 4. The molecule has 21 heavy (non-hydrogen) atoms. The number of hydrogen-bond acceptors (Lipinski definition) is 2. The Balaban J connectivity index is 1.73. The lowest BCUT2D eigenvalue weighted by Crippen LogP contribution is -2.21. The van der Waals surface area contributed by atoms with E-state index in [4.69, 9.17) is 4.74 Å². The van der Waals surface area contributed by atoms with Crippen molar-refractivity contribution in [2.75, 3.05) is 0 Å². The molecule has 0 aliphatic heterocycles. The summed E-state index contributed by atoms with van der Waals surface area (Å²) in [5.41, 5.74) is 3.17. The molecule has 0 heterocycles. The van der Waals surface area contributed by atoms with Crippen molar-refractivity contribution in [3.8, 4) is 5.75 Å². The van der Waals surface area contributed by atoms with Gasteiger partial charge in [0.1, 0.15) is 12.4 Å². The molecule has 2 nitrogen and oxygen atoms in total. The third-order valence-electron chi connectivity index (χ3n) is 4.22. The standard InChI is InChI=1S/C19H20O2/c1-2-15-8-9-16-12-17(10-11-18(16)19(15)20)21-13-14-6-4-3-5-7-14/h3-7,10-12,15H,2,8-9,13H2,1H3. The molecule has 2 heteroatoms. The number of fused-ring (bicyclic) bond motifs is 1. The van der Waals surface area contributed by atoms with Gasteiger partial charge in [-0.3, -0.25) is 4.79 Å². The molecule has 0 saturated carbocycles. The molecule has 0 radical (unpaired) electrons. The Morgan fingerprint density at radius 3 is 2.71 bits per heavy atom. The van der Waals surface area contributed by atoms with E-state index in [0.29, 0.717) is 12.4 Å². The molecule has 0 N–H and O–H groups in total. The van der Waals surface area contributed by atoms with Crippen molar-refractivity contribution >= 4 is 5.78 Å². The van der Waals surface area contributed by atoms with Crippen molar-refractivity contribution in [3.05, 3.63) is 65.2 Å². The first-order valence-electron chi connectivity index (χ1n) is 7.62. The minimum atomic E-state index is 0.202. The van der Waals surface area contributed by atoms with Crippen LogP contribution >= 0.6 is 0 Å². The van der Waals surface area contributed by atoms with Crippen LogP contribution < -0.4 is 4.74 Å². The first kappa shape index (κ1) is 13.9. The monoisotopic (exact) mass is 280 g/mol. The summed E-state index contributed by atoms with van der Waals surface area (Å²) in [6.07, 6.45) is 2.87. The molecule has 0 spiro atoms. The van der Waals surface area contributed by atoms with Crippen molar-refractivity contribution in [2.24, 2.45) is 5.92 Å². The highest BCUT2D eigenvalue weighted by Gasteiger charge is 2.25. The molecule has 1 aliphatic carbocycles.